The molecule has 160 valence electrons. The van der Waals surface area contributed by atoms with Gasteiger partial charge in [0.05, 0.1) is 13.5 Å². The minimum Gasteiger partial charge on any atom is -0.0656 e. The van der Waals surface area contributed by atoms with Crippen LogP contribution in [0.25, 0.3) is 11.1 Å². The molecule has 0 atom stereocenters. The quantitative estimate of drug-likeness (QED) is 0.161. The zero-order chi connectivity index (χ0) is 22.7. The fourth-order valence-electron chi connectivity index (χ4n) is 5.16. The summed E-state index contributed by atoms with van der Waals surface area (Å²) in [6.45, 7) is 11.7. The monoisotopic (exact) mass is 544 g/mol. The van der Waals surface area contributed by atoms with E-state index in [1.165, 1.54) is 53.3 Å². The number of rotatable bonds is 3. The van der Waals surface area contributed by atoms with Crippen molar-refractivity contribution < 1.29 is 0 Å². The molecule has 0 amide bonds. The number of hydrogen-bond donors (Lipinski definition) is 0. The Labute approximate surface area is 206 Å². The molecule has 1 aliphatic rings. The lowest BCUT2D eigenvalue weighted by molar-refractivity contribution is 0.767. The van der Waals surface area contributed by atoms with E-state index in [0.717, 1.165) is 0 Å². The van der Waals surface area contributed by atoms with E-state index in [1.807, 2.05) is 0 Å². The molecular formula is C30H29ISi. The third-order valence-electron chi connectivity index (χ3n) is 6.93. The molecule has 1 aliphatic carbocycles. The van der Waals surface area contributed by atoms with Crippen LogP contribution < -0.4 is 5.19 Å². The van der Waals surface area contributed by atoms with Gasteiger partial charge in [-0.15, -0.1) is 0 Å². The smallest absolute Gasteiger partial charge is 0.0656 e. The van der Waals surface area contributed by atoms with Crippen LogP contribution in [0.4, 0.5) is 0 Å². The molecule has 4 aromatic rings. The van der Waals surface area contributed by atoms with Gasteiger partial charge < -0.3 is 0 Å². The molecule has 0 aliphatic heterocycles. The molecule has 0 N–H and O–H groups in total. The Hall–Kier alpha value is -2.17. The largest absolute Gasteiger partial charge is 0.0776 e. The topological polar surface area (TPSA) is 0 Å². The lowest BCUT2D eigenvalue weighted by atomic mass is 9.67. The Kier molecular flexibility index (Phi) is 5.22. The standard InChI is InChI=1S/C30H29ISi/c1-20-6-10-22(11-7-20)30(23-12-8-21(2)9-13-23)28-18-24(31)14-16-26(28)27-17-15-25(19-29(27)30)32(3,4)5/h6-19H,1-5H3. The summed E-state index contributed by atoms with van der Waals surface area (Å²) in [5.41, 5.74) is 10.6. The van der Waals surface area contributed by atoms with Gasteiger partial charge in [-0.3, -0.25) is 0 Å². The summed E-state index contributed by atoms with van der Waals surface area (Å²) in [7, 11) is -1.47. The van der Waals surface area contributed by atoms with E-state index in [4.69, 9.17) is 0 Å². The molecule has 0 spiro atoms. The van der Waals surface area contributed by atoms with Gasteiger partial charge in [0.1, 0.15) is 0 Å². The van der Waals surface area contributed by atoms with E-state index in [-0.39, 0.29) is 5.41 Å². The molecule has 0 unspecified atom stereocenters. The Bertz CT molecular complexity index is 1260. The van der Waals surface area contributed by atoms with Crippen molar-refractivity contribution in [3.8, 4) is 11.1 Å². The van der Waals surface area contributed by atoms with Gasteiger partial charge in [-0.25, -0.2) is 0 Å². The molecule has 0 saturated carbocycles. The highest BCUT2D eigenvalue weighted by atomic mass is 127. The van der Waals surface area contributed by atoms with Crippen LogP contribution in [0.3, 0.4) is 0 Å². The fourth-order valence-corrected chi connectivity index (χ4v) is 6.81. The van der Waals surface area contributed by atoms with Crippen molar-refractivity contribution in [3.63, 3.8) is 0 Å². The van der Waals surface area contributed by atoms with Gasteiger partial charge in [-0.05, 0) is 82.0 Å². The van der Waals surface area contributed by atoms with Gasteiger partial charge in [0.25, 0.3) is 0 Å². The van der Waals surface area contributed by atoms with Crippen molar-refractivity contribution in [1.82, 2.24) is 0 Å². The zero-order valence-corrected chi connectivity index (χ0v) is 22.6. The maximum absolute atomic E-state index is 2.54. The van der Waals surface area contributed by atoms with Crippen molar-refractivity contribution in [2.75, 3.05) is 0 Å². The minimum absolute atomic E-state index is 0.303. The summed E-state index contributed by atoms with van der Waals surface area (Å²) >= 11 is 2.47. The van der Waals surface area contributed by atoms with Crippen LogP contribution in [0.2, 0.25) is 19.6 Å². The average molecular weight is 545 g/mol. The van der Waals surface area contributed by atoms with Gasteiger partial charge in [0.2, 0.25) is 0 Å². The van der Waals surface area contributed by atoms with Crippen LogP contribution in [-0.4, -0.2) is 8.07 Å². The van der Waals surface area contributed by atoms with E-state index in [0.29, 0.717) is 0 Å². The van der Waals surface area contributed by atoms with Crippen molar-refractivity contribution >= 4 is 35.9 Å². The van der Waals surface area contributed by atoms with Crippen LogP contribution >= 0.6 is 22.6 Å². The zero-order valence-electron chi connectivity index (χ0n) is 19.5. The van der Waals surface area contributed by atoms with Gasteiger partial charge in [-0.1, -0.05) is 109 Å². The van der Waals surface area contributed by atoms with E-state index >= 15 is 0 Å². The first-order valence-electron chi connectivity index (χ1n) is 11.3. The normalized spacial score (nSPS) is 14.2. The summed E-state index contributed by atoms with van der Waals surface area (Å²) in [5, 5.41) is 1.52. The van der Waals surface area contributed by atoms with Crippen molar-refractivity contribution in [2.45, 2.75) is 38.9 Å². The van der Waals surface area contributed by atoms with E-state index in [2.05, 4.69) is 141 Å². The number of fused-ring (bicyclic) bond motifs is 3. The molecule has 0 fully saturated rings. The van der Waals surface area contributed by atoms with Gasteiger partial charge >= 0.3 is 0 Å². The highest BCUT2D eigenvalue weighted by Crippen LogP contribution is 2.56. The molecule has 0 bridgehead atoms. The van der Waals surface area contributed by atoms with E-state index < -0.39 is 8.07 Å². The summed E-state index contributed by atoms with van der Waals surface area (Å²) < 4.78 is 1.28. The second kappa shape index (κ2) is 7.70. The molecule has 0 saturated heterocycles. The summed E-state index contributed by atoms with van der Waals surface area (Å²) in [4.78, 5) is 0. The molecule has 2 heteroatoms. The lowest BCUT2D eigenvalue weighted by Crippen LogP contribution is -2.39. The molecule has 5 rings (SSSR count). The Morgan fingerprint density at radius 1 is 0.594 bits per heavy atom. The Morgan fingerprint density at radius 2 is 1.06 bits per heavy atom. The molecule has 0 nitrogen and oxygen atoms in total. The molecule has 0 radical (unpaired) electrons. The van der Waals surface area contributed by atoms with Crippen LogP contribution in [-0.2, 0) is 5.41 Å². The van der Waals surface area contributed by atoms with Crippen molar-refractivity contribution in [2.24, 2.45) is 0 Å². The van der Waals surface area contributed by atoms with Crippen molar-refractivity contribution in [1.29, 1.82) is 0 Å². The second-order valence-corrected chi connectivity index (χ2v) is 16.5. The Balaban J connectivity index is 1.96. The van der Waals surface area contributed by atoms with Crippen LogP contribution in [0.5, 0.6) is 0 Å². The van der Waals surface area contributed by atoms with Crippen molar-refractivity contribution in [3.05, 3.63) is 122 Å². The number of halogens is 1. The second-order valence-electron chi connectivity index (χ2n) is 10.2. The number of benzene rings is 4. The SMILES string of the molecule is Cc1ccc(C2(c3ccc(C)cc3)c3cc(I)ccc3-c3ccc([Si](C)(C)C)cc32)cc1. The lowest BCUT2D eigenvalue weighted by Gasteiger charge is -2.35. The van der Waals surface area contributed by atoms with Crippen LogP contribution in [0, 0.1) is 17.4 Å². The highest BCUT2D eigenvalue weighted by molar-refractivity contribution is 14.1. The fraction of sp³-hybridized carbons (Fsp3) is 0.200. The van der Waals surface area contributed by atoms with E-state index in [9.17, 15) is 0 Å². The number of aryl methyl sites for hydroxylation is 2. The van der Waals surface area contributed by atoms with Gasteiger partial charge in [-0.2, -0.15) is 0 Å². The van der Waals surface area contributed by atoms with Crippen LogP contribution in [0.15, 0.2) is 84.9 Å². The summed E-state index contributed by atoms with van der Waals surface area (Å²) in [6.07, 6.45) is 0. The maximum atomic E-state index is 2.54. The first-order valence-corrected chi connectivity index (χ1v) is 15.9. The maximum Gasteiger partial charge on any atom is 0.0776 e. The predicted molar refractivity (Wildman–Crippen MR) is 149 cm³/mol. The summed E-state index contributed by atoms with van der Waals surface area (Å²) in [6, 6.07) is 32.7. The predicted octanol–water partition coefficient (Wildman–Crippen LogP) is 7.82. The highest BCUT2D eigenvalue weighted by Gasteiger charge is 2.46. The van der Waals surface area contributed by atoms with Gasteiger partial charge in [0.15, 0.2) is 0 Å². The third-order valence-corrected chi connectivity index (χ3v) is 9.65. The van der Waals surface area contributed by atoms with Crippen LogP contribution in [0.1, 0.15) is 33.4 Å². The molecule has 4 aromatic carbocycles. The molecule has 0 heterocycles. The molecule has 32 heavy (non-hydrogen) atoms. The summed E-state index contributed by atoms with van der Waals surface area (Å²) in [5.74, 6) is 0. The average Bonchev–Trinajstić information content (AvgIpc) is 3.04. The molecule has 0 aromatic heterocycles. The van der Waals surface area contributed by atoms with Gasteiger partial charge in [0, 0.05) is 3.57 Å². The molecular weight excluding hydrogens is 515 g/mol. The first-order chi connectivity index (χ1) is 15.2. The minimum atomic E-state index is -1.47. The third kappa shape index (κ3) is 3.31. The van der Waals surface area contributed by atoms with E-state index in [1.54, 1.807) is 0 Å². The number of hydrogen-bond acceptors (Lipinski definition) is 0. The first kappa shape index (κ1) is 21.7. The Morgan fingerprint density at radius 3 is 1.56 bits per heavy atom.